The highest BCUT2D eigenvalue weighted by Gasteiger charge is 2.73. The first-order chi connectivity index (χ1) is 11.4. The van der Waals surface area contributed by atoms with E-state index in [2.05, 4.69) is 4.74 Å². The molecule has 4 bridgehead atoms. The highest BCUT2D eigenvalue weighted by atomic mass is 19.4. The van der Waals surface area contributed by atoms with Gasteiger partial charge in [0.25, 0.3) is 5.60 Å². The molecule has 3 nitrogen and oxygen atoms in total. The van der Waals surface area contributed by atoms with Crippen molar-refractivity contribution < 1.29 is 41.0 Å². The Bertz CT molecular complexity index is 490. The van der Waals surface area contributed by atoms with Gasteiger partial charge in [-0.1, -0.05) is 0 Å². The number of aliphatic carboxylic acids is 1. The molecule has 0 spiro atoms. The van der Waals surface area contributed by atoms with E-state index in [1.54, 1.807) is 0 Å². The summed E-state index contributed by atoms with van der Waals surface area (Å²) in [5, 5.41) is 8.66. The molecule has 144 valence electrons. The van der Waals surface area contributed by atoms with Gasteiger partial charge in [-0.25, -0.2) is 0 Å². The molecule has 1 N–H and O–H groups in total. The Hall–Kier alpha value is -0.990. The lowest BCUT2D eigenvalue weighted by atomic mass is 9.50. The van der Waals surface area contributed by atoms with E-state index >= 15 is 0 Å². The average Bonchev–Trinajstić information content (AvgIpc) is 2.38. The maximum absolute atomic E-state index is 13.3. The van der Waals surface area contributed by atoms with E-state index in [-0.39, 0.29) is 0 Å². The molecule has 0 atom stereocenters. The smallest absolute Gasteiger partial charge is 0.427 e. The Balaban J connectivity index is 1.85. The van der Waals surface area contributed by atoms with Crippen molar-refractivity contribution >= 4 is 5.97 Å². The first-order valence-corrected chi connectivity index (χ1v) is 8.35. The molecule has 4 aliphatic rings. The number of halogens is 6. The highest BCUT2D eigenvalue weighted by Crippen LogP contribution is 2.61. The van der Waals surface area contributed by atoms with Crippen LogP contribution in [-0.4, -0.2) is 35.6 Å². The van der Waals surface area contributed by atoms with Crippen LogP contribution in [0.2, 0.25) is 0 Å². The van der Waals surface area contributed by atoms with Crippen molar-refractivity contribution in [1.29, 1.82) is 0 Å². The molecular formula is C16H20F6O3. The predicted octanol–water partition coefficient (Wildman–Crippen LogP) is 4.56. The minimum atomic E-state index is -5.86. The van der Waals surface area contributed by atoms with Crippen LogP contribution in [0.4, 0.5) is 26.3 Å². The van der Waals surface area contributed by atoms with Gasteiger partial charge in [0.15, 0.2) is 0 Å². The van der Waals surface area contributed by atoms with Crippen molar-refractivity contribution in [2.24, 2.45) is 23.2 Å². The van der Waals surface area contributed by atoms with Gasteiger partial charge in [-0.3, -0.25) is 4.79 Å². The van der Waals surface area contributed by atoms with E-state index in [4.69, 9.17) is 5.11 Å². The van der Waals surface area contributed by atoms with Crippen molar-refractivity contribution in [3.05, 3.63) is 0 Å². The van der Waals surface area contributed by atoms with Crippen LogP contribution in [0.25, 0.3) is 0 Å². The molecule has 0 aromatic rings. The fourth-order valence-corrected chi connectivity index (χ4v) is 5.53. The molecule has 0 unspecified atom stereocenters. The number of ether oxygens (including phenoxy) is 1. The third kappa shape index (κ3) is 3.24. The van der Waals surface area contributed by atoms with Crippen molar-refractivity contribution in [3.63, 3.8) is 0 Å². The summed E-state index contributed by atoms with van der Waals surface area (Å²) in [6.07, 6.45) is -9.23. The summed E-state index contributed by atoms with van der Waals surface area (Å²) in [6, 6.07) is 0. The molecule has 25 heavy (non-hydrogen) atoms. The third-order valence-corrected chi connectivity index (χ3v) is 6.11. The summed E-state index contributed by atoms with van der Waals surface area (Å²) >= 11 is 0. The SMILES string of the molecule is O=C(O)CC(OCC12CC3CC(CC(C3)C1)C2)(C(F)(F)F)C(F)(F)F. The van der Waals surface area contributed by atoms with Gasteiger partial charge < -0.3 is 9.84 Å². The normalized spacial score (nSPS) is 35.2. The zero-order chi connectivity index (χ0) is 18.7. The molecule has 4 fully saturated rings. The van der Waals surface area contributed by atoms with Crippen LogP contribution in [0.5, 0.6) is 0 Å². The molecule has 4 rings (SSSR count). The molecular weight excluding hydrogens is 354 g/mol. The van der Waals surface area contributed by atoms with Gasteiger partial charge in [-0.05, 0) is 61.7 Å². The van der Waals surface area contributed by atoms with Crippen LogP contribution >= 0.6 is 0 Å². The third-order valence-electron chi connectivity index (χ3n) is 6.11. The van der Waals surface area contributed by atoms with Crippen molar-refractivity contribution in [2.75, 3.05) is 6.61 Å². The number of carboxylic acid groups (broad SMARTS) is 1. The monoisotopic (exact) mass is 374 g/mol. The summed E-state index contributed by atoms with van der Waals surface area (Å²) < 4.78 is 84.2. The zero-order valence-electron chi connectivity index (χ0n) is 13.4. The molecule has 0 saturated heterocycles. The van der Waals surface area contributed by atoms with E-state index in [1.165, 1.54) is 0 Å². The fraction of sp³-hybridized carbons (Fsp3) is 0.938. The van der Waals surface area contributed by atoms with Crippen LogP contribution in [0.15, 0.2) is 0 Å². The van der Waals surface area contributed by atoms with E-state index in [1.807, 2.05) is 0 Å². The molecule has 0 heterocycles. The van der Waals surface area contributed by atoms with Gasteiger partial charge in [0, 0.05) is 0 Å². The Morgan fingerprint density at radius 1 is 0.920 bits per heavy atom. The molecule has 0 aliphatic heterocycles. The van der Waals surface area contributed by atoms with Crippen LogP contribution in [0, 0.1) is 23.2 Å². The van der Waals surface area contributed by atoms with Crippen LogP contribution in [0.1, 0.15) is 44.9 Å². The second kappa shape index (κ2) is 5.76. The molecule has 0 amide bonds. The second-order valence-corrected chi connectivity index (χ2v) is 8.10. The van der Waals surface area contributed by atoms with Gasteiger partial charge in [-0.15, -0.1) is 0 Å². The number of hydrogen-bond acceptors (Lipinski definition) is 2. The van der Waals surface area contributed by atoms with E-state index in [9.17, 15) is 31.1 Å². The van der Waals surface area contributed by atoms with E-state index < -0.39 is 42.4 Å². The lowest BCUT2D eigenvalue weighted by Gasteiger charge is -2.57. The van der Waals surface area contributed by atoms with Crippen LogP contribution in [0.3, 0.4) is 0 Å². The maximum Gasteiger partial charge on any atom is 0.427 e. The number of hydrogen-bond donors (Lipinski definition) is 1. The van der Waals surface area contributed by atoms with Crippen LogP contribution in [-0.2, 0) is 9.53 Å². The number of carboxylic acids is 1. The van der Waals surface area contributed by atoms with Gasteiger partial charge in [0.2, 0.25) is 0 Å². The molecule has 0 aromatic carbocycles. The topological polar surface area (TPSA) is 46.5 Å². The summed E-state index contributed by atoms with van der Waals surface area (Å²) in [5.74, 6) is -1.19. The lowest BCUT2D eigenvalue weighted by molar-refractivity contribution is -0.387. The molecule has 0 radical (unpaired) electrons. The van der Waals surface area contributed by atoms with E-state index in [0.717, 1.165) is 19.3 Å². The van der Waals surface area contributed by atoms with Crippen molar-refractivity contribution in [3.8, 4) is 0 Å². The number of rotatable bonds is 5. The van der Waals surface area contributed by atoms with Crippen LogP contribution < -0.4 is 0 Å². The van der Waals surface area contributed by atoms with Gasteiger partial charge >= 0.3 is 18.3 Å². The van der Waals surface area contributed by atoms with E-state index in [0.29, 0.717) is 37.0 Å². The quantitative estimate of drug-likeness (QED) is 0.718. The fourth-order valence-electron chi connectivity index (χ4n) is 5.53. The minimum absolute atomic E-state index is 0.334. The Kier molecular flexibility index (Phi) is 4.33. The molecule has 4 aliphatic carbocycles. The summed E-state index contributed by atoms with van der Waals surface area (Å²) in [4.78, 5) is 10.8. The minimum Gasteiger partial charge on any atom is -0.481 e. The second-order valence-electron chi connectivity index (χ2n) is 8.10. The maximum atomic E-state index is 13.3. The Morgan fingerprint density at radius 2 is 1.32 bits per heavy atom. The Labute approximate surface area is 140 Å². The predicted molar refractivity (Wildman–Crippen MR) is 73.7 cm³/mol. The summed E-state index contributed by atoms with van der Waals surface area (Å²) in [6.45, 7) is -0.692. The Morgan fingerprint density at radius 3 is 1.64 bits per heavy atom. The first kappa shape index (κ1) is 18.8. The molecule has 4 saturated carbocycles. The van der Waals surface area contributed by atoms with Crippen molar-refractivity contribution in [2.45, 2.75) is 62.9 Å². The molecule has 9 heteroatoms. The average molecular weight is 374 g/mol. The highest BCUT2D eigenvalue weighted by molar-refractivity contribution is 5.68. The largest absolute Gasteiger partial charge is 0.481 e. The number of alkyl halides is 6. The van der Waals surface area contributed by atoms with Gasteiger partial charge in [-0.2, -0.15) is 26.3 Å². The van der Waals surface area contributed by atoms with Gasteiger partial charge in [0.1, 0.15) is 0 Å². The first-order valence-electron chi connectivity index (χ1n) is 8.35. The zero-order valence-corrected chi connectivity index (χ0v) is 13.4. The standard InChI is InChI=1S/C16H20F6O3/c17-15(18,19)14(7-12(23)24,16(20,21)22)25-8-13-4-9-1-10(5-13)3-11(2-9)6-13/h9-11H,1-8H2,(H,23,24). The lowest BCUT2D eigenvalue weighted by Crippen LogP contribution is -2.61. The van der Waals surface area contributed by atoms with Crippen molar-refractivity contribution in [1.82, 2.24) is 0 Å². The number of carbonyl (C=O) groups is 1. The van der Waals surface area contributed by atoms with Gasteiger partial charge in [0.05, 0.1) is 13.0 Å². The molecule has 0 aromatic heterocycles. The summed E-state index contributed by atoms with van der Waals surface area (Å²) in [5.41, 5.74) is -5.34. The summed E-state index contributed by atoms with van der Waals surface area (Å²) in [7, 11) is 0.